The van der Waals surface area contributed by atoms with E-state index >= 15 is 0 Å². The van der Waals surface area contributed by atoms with E-state index < -0.39 is 0 Å². The number of benzene rings is 1. The first kappa shape index (κ1) is 11.5. The highest BCUT2D eigenvalue weighted by molar-refractivity contribution is 9.10. The smallest absolute Gasteiger partial charge is 0.176 e. The minimum Gasteiger partial charge on any atom is -0.293 e. The summed E-state index contributed by atoms with van der Waals surface area (Å²) in [6.07, 6.45) is 0.882. The molecule has 0 spiro atoms. The number of hydrogen-bond acceptors (Lipinski definition) is 2. The highest BCUT2D eigenvalue weighted by Gasteiger charge is 2.28. The average molecular weight is 306 g/mol. The molecule has 4 heteroatoms. The number of ketones is 1. The summed E-state index contributed by atoms with van der Waals surface area (Å²) in [7, 11) is 0. The van der Waals surface area contributed by atoms with Crippen LogP contribution in [0.3, 0.4) is 0 Å². The predicted octanol–water partition coefficient (Wildman–Crippen LogP) is 4.31. The molecule has 0 radical (unpaired) electrons. The first-order valence-corrected chi connectivity index (χ1v) is 6.99. The number of hydrogen-bond donors (Lipinski definition) is 0. The maximum absolute atomic E-state index is 12.1. The van der Waals surface area contributed by atoms with Gasteiger partial charge in [-0.1, -0.05) is 34.5 Å². The third-order valence-electron chi connectivity index (χ3n) is 2.52. The monoisotopic (exact) mass is 304 g/mol. The first-order valence-electron chi connectivity index (χ1n) is 4.77. The molecule has 2 rings (SSSR count). The zero-order chi connectivity index (χ0) is 11.0. The minimum atomic E-state index is 0.0999. The molecule has 1 heterocycles. The molecular weight excluding hydrogens is 296 g/mol. The van der Waals surface area contributed by atoms with E-state index in [1.54, 1.807) is 11.8 Å². The zero-order valence-electron chi connectivity index (χ0n) is 8.22. The van der Waals surface area contributed by atoms with Gasteiger partial charge in [0.2, 0.25) is 0 Å². The van der Waals surface area contributed by atoms with Crippen LogP contribution < -0.4 is 0 Å². The van der Waals surface area contributed by atoms with Crippen LogP contribution in [0.5, 0.6) is 0 Å². The maximum Gasteiger partial charge on any atom is 0.176 e. The molecule has 1 aliphatic heterocycles. The lowest BCUT2D eigenvalue weighted by atomic mass is 10.0. The van der Waals surface area contributed by atoms with Crippen molar-refractivity contribution in [1.82, 2.24) is 0 Å². The first-order chi connectivity index (χ1) is 7.13. The van der Waals surface area contributed by atoms with Gasteiger partial charge in [-0.15, -0.1) is 11.8 Å². The molecule has 80 valence electrons. The summed E-state index contributed by atoms with van der Waals surface area (Å²) in [6.45, 7) is 2.04. The molecule has 0 saturated heterocycles. The van der Waals surface area contributed by atoms with Gasteiger partial charge in [-0.3, -0.25) is 4.79 Å². The summed E-state index contributed by atoms with van der Waals surface area (Å²) in [5, 5.41) is 0.789. The Morgan fingerprint density at radius 1 is 1.60 bits per heavy atom. The maximum atomic E-state index is 12.1. The fourth-order valence-corrected chi connectivity index (χ4v) is 3.85. The van der Waals surface area contributed by atoms with E-state index in [0.717, 1.165) is 27.8 Å². The number of thioether (sulfide) groups is 1. The molecule has 15 heavy (non-hydrogen) atoms. The molecule has 1 aromatic carbocycles. The van der Waals surface area contributed by atoms with Crippen LogP contribution in [0.4, 0.5) is 0 Å². The van der Waals surface area contributed by atoms with Crippen molar-refractivity contribution in [1.29, 1.82) is 0 Å². The number of carbonyl (C=O) groups is 1. The molecule has 0 N–H and O–H groups in total. The van der Waals surface area contributed by atoms with E-state index in [-0.39, 0.29) is 11.0 Å². The Bertz CT molecular complexity index is 419. The molecular formula is C11H10BrClOS. The molecule has 1 unspecified atom stereocenters. The largest absolute Gasteiger partial charge is 0.293 e. The Kier molecular flexibility index (Phi) is 3.43. The van der Waals surface area contributed by atoms with Crippen molar-refractivity contribution < 1.29 is 4.79 Å². The van der Waals surface area contributed by atoms with Crippen LogP contribution in [0.25, 0.3) is 0 Å². The van der Waals surface area contributed by atoms with Gasteiger partial charge < -0.3 is 0 Å². The SMILES string of the molecule is CCC1SCc2c(Cl)cc(Br)cc2C1=O. The van der Waals surface area contributed by atoms with Gasteiger partial charge in [-0.05, 0) is 24.1 Å². The molecule has 1 aliphatic rings. The van der Waals surface area contributed by atoms with Gasteiger partial charge in [-0.25, -0.2) is 0 Å². The summed E-state index contributed by atoms with van der Waals surface area (Å²) in [4.78, 5) is 12.1. The Balaban J connectivity index is 2.51. The number of fused-ring (bicyclic) bond motifs is 1. The highest BCUT2D eigenvalue weighted by Crippen LogP contribution is 2.37. The van der Waals surface area contributed by atoms with Crippen molar-refractivity contribution in [3.05, 3.63) is 32.8 Å². The molecule has 0 amide bonds. The second-order valence-corrected chi connectivity index (χ2v) is 6.00. The van der Waals surface area contributed by atoms with Crippen molar-refractivity contribution in [3.8, 4) is 0 Å². The van der Waals surface area contributed by atoms with Crippen LogP contribution in [-0.4, -0.2) is 11.0 Å². The van der Waals surface area contributed by atoms with Crippen molar-refractivity contribution in [2.45, 2.75) is 24.3 Å². The van der Waals surface area contributed by atoms with Crippen LogP contribution in [0.15, 0.2) is 16.6 Å². The molecule has 0 aliphatic carbocycles. The fourth-order valence-electron chi connectivity index (χ4n) is 1.71. The second kappa shape index (κ2) is 4.48. The average Bonchev–Trinajstić information content (AvgIpc) is 2.19. The third kappa shape index (κ3) is 2.10. The molecule has 0 fully saturated rings. The lowest BCUT2D eigenvalue weighted by Crippen LogP contribution is -2.22. The molecule has 0 aromatic heterocycles. The summed E-state index contributed by atoms with van der Waals surface area (Å²) >= 11 is 11.2. The Morgan fingerprint density at radius 3 is 3.00 bits per heavy atom. The van der Waals surface area contributed by atoms with Gasteiger partial charge in [0.25, 0.3) is 0 Å². The van der Waals surface area contributed by atoms with Gasteiger partial charge in [0.15, 0.2) is 5.78 Å². The van der Waals surface area contributed by atoms with E-state index in [9.17, 15) is 4.79 Å². The van der Waals surface area contributed by atoms with Crippen LogP contribution in [0, 0.1) is 0 Å². The topological polar surface area (TPSA) is 17.1 Å². The van der Waals surface area contributed by atoms with Gasteiger partial charge in [0, 0.05) is 20.8 Å². The standard InChI is InChI=1S/C11H10BrClOS/c1-2-10-11(14)7-3-6(12)4-9(13)8(7)5-15-10/h3-4,10H,2,5H2,1H3. The Labute approximate surface area is 107 Å². The van der Waals surface area contributed by atoms with Crippen LogP contribution in [0.1, 0.15) is 29.3 Å². The molecule has 1 aromatic rings. The van der Waals surface area contributed by atoms with E-state index in [1.807, 2.05) is 19.1 Å². The lowest BCUT2D eigenvalue weighted by molar-refractivity contribution is 0.0985. The van der Waals surface area contributed by atoms with Crippen molar-refractivity contribution in [2.24, 2.45) is 0 Å². The van der Waals surface area contributed by atoms with Gasteiger partial charge >= 0.3 is 0 Å². The van der Waals surface area contributed by atoms with Crippen molar-refractivity contribution in [2.75, 3.05) is 0 Å². The number of rotatable bonds is 1. The minimum absolute atomic E-state index is 0.0999. The number of halogens is 2. The quantitative estimate of drug-likeness (QED) is 0.769. The fraction of sp³-hybridized carbons (Fsp3) is 0.364. The number of carbonyl (C=O) groups excluding carboxylic acids is 1. The highest BCUT2D eigenvalue weighted by atomic mass is 79.9. The normalized spacial score (nSPS) is 20.2. The van der Waals surface area contributed by atoms with Crippen LogP contribution in [0.2, 0.25) is 5.02 Å². The zero-order valence-corrected chi connectivity index (χ0v) is 11.4. The van der Waals surface area contributed by atoms with E-state index in [1.165, 1.54) is 0 Å². The molecule has 0 saturated carbocycles. The Hall–Kier alpha value is 0.01000. The van der Waals surface area contributed by atoms with Crippen molar-refractivity contribution in [3.63, 3.8) is 0 Å². The molecule has 1 atom stereocenters. The lowest BCUT2D eigenvalue weighted by Gasteiger charge is -2.22. The van der Waals surface area contributed by atoms with E-state index in [4.69, 9.17) is 11.6 Å². The van der Waals surface area contributed by atoms with E-state index in [2.05, 4.69) is 15.9 Å². The van der Waals surface area contributed by atoms with Crippen LogP contribution >= 0.6 is 39.3 Å². The molecule has 0 bridgehead atoms. The van der Waals surface area contributed by atoms with Gasteiger partial charge in [0.05, 0.1) is 5.25 Å². The summed E-state index contributed by atoms with van der Waals surface area (Å²) < 4.78 is 0.876. The third-order valence-corrected chi connectivity index (χ3v) is 4.72. The Morgan fingerprint density at radius 2 is 2.33 bits per heavy atom. The second-order valence-electron chi connectivity index (χ2n) is 3.49. The number of Topliss-reactive ketones (excluding diaryl/α,β-unsaturated/α-hetero) is 1. The van der Waals surface area contributed by atoms with Crippen LogP contribution in [-0.2, 0) is 5.75 Å². The van der Waals surface area contributed by atoms with Gasteiger partial charge in [-0.2, -0.15) is 0 Å². The summed E-state index contributed by atoms with van der Waals surface area (Å²) in [5.41, 5.74) is 1.78. The summed E-state index contributed by atoms with van der Waals surface area (Å²) in [5.74, 6) is 1.05. The van der Waals surface area contributed by atoms with E-state index in [0.29, 0.717) is 5.02 Å². The van der Waals surface area contributed by atoms with Crippen molar-refractivity contribution >= 4 is 45.1 Å². The summed E-state index contributed by atoms with van der Waals surface area (Å²) in [6, 6.07) is 3.73. The van der Waals surface area contributed by atoms with Gasteiger partial charge in [0.1, 0.15) is 0 Å². The molecule has 1 nitrogen and oxygen atoms in total. The predicted molar refractivity (Wildman–Crippen MR) is 68.9 cm³/mol.